The van der Waals surface area contributed by atoms with Gasteiger partial charge >= 0.3 is 11.9 Å². The van der Waals surface area contributed by atoms with Crippen molar-refractivity contribution in [1.29, 1.82) is 0 Å². The Balaban J connectivity index is 1.52. The zero-order valence-corrected chi connectivity index (χ0v) is 31.7. The number of rotatable bonds is 2. The first kappa shape index (κ1) is 29.3. The maximum atomic E-state index is 12.8. The number of nitrogens with zero attached hydrogens (tertiary/aromatic N) is 2. The lowest BCUT2D eigenvalue weighted by atomic mass is 10.1. The van der Waals surface area contributed by atoms with E-state index in [0.29, 0.717) is 69.4 Å². The summed E-state index contributed by atoms with van der Waals surface area (Å²) in [6.07, 6.45) is 0. The molecule has 0 radical (unpaired) electrons. The third kappa shape index (κ3) is 4.59. The van der Waals surface area contributed by atoms with Gasteiger partial charge in [0, 0.05) is 46.6 Å². The van der Waals surface area contributed by atoms with Gasteiger partial charge in [-0.15, -0.1) is 0 Å². The molecular weight excluding hydrogens is 1040 g/mol. The van der Waals surface area contributed by atoms with Gasteiger partial charge < -0.3 is 9.47 Å². The Hall–Kier alpha value is -0.740. The molecule has 0 bridgehead atoms. The number of aliphatic imine (C=N–C) groups is 2. The van der Waals surface area contributed by atoms with Crippen LogP contribution < -0.4 is 0 Å². The minimum absolute atomic E-state index is 0.160. The van der Waals surface area contributed by atoms with Crippen LogP contribution in [0.4, 0.5) is 11.4 Å². The second-order valence-corrected chi connectivity index (χ2v) is 14.6. The SMILES string of the molecule is O=C1OC(=Nc2cccc3c(N=C4OC(=O)c5c(Br)c(Br)c(Br)c(Br)c54)cccc23)c2c(Br)c(Br)c(Br)c(Br)c21. The summed E-state index contributed by atoms with van der Waals surface area (Å²) in [4.78, 5) is 35.0. The number of hydrogen-bond acceptors (Lipinski definition) is 6. The molecule has 2 aliphatic rings. The number of benzene rings is 4. The first-order valence-electron chi connectivity index (χ1n) is 10.9. The largest absolute Gasteiger partial charge is 0.403 e. The standard InChI is InChI=1S/C26H6Br8N2O4/c27-15-11-13(17(29)21(33)19(15)31)25(37)39-23(11)35-9-5-1-3-7-8(9)4-2-6-10(7)36-24-12-14(26(38)40-24)18(30)22(34)20(32)16(12)28/h1-6H. The van der Waals surface area contributed by atoms with Crippen molar-refractivity contribution >= 4 is 173 Å². The first-order valence-corrected chi connectivity index (χ1v) is 17.2. The van der Waals surface area contributed by atoms with Crippen molar-refractivity contribution in [2.24, 2.45) is 9.98 Å². The highest BCUT2D eigenvalue weighted by Gasteiger charge is 2.37. The summed E-state index contributed by atoms with van der Waals surface area (Å²) in [7, 11) is 0. The lowest BCUT2D eigenvalue weighted by Crippen LogP contribution is -2.01. The third-order valence-electron chi connectivity index (χ3n) is 6.07. The zero-order chi connectivity index (χ0) is 28.6. The van der Waals surface area contributed by atoms with Crippen molar-refractivity contribution in [3.8, 4) is 0 Å². The topological polar surface area (TPSA) is 77.3 Å². The lowest BCUT2D eigenvalue weighted by Gasteiger charge is -2.10. The number of ether oxygens (including phenoxy) is 2. The summed E-state index contributed by atoms with van der Waals surface area (Å²) in [5, 5.41) is 1.52. The van der Waals surface area contributed by atoms with E-state index < -0.39 is 11.9 Å². The number of fused-ring (bicyclic) bond motifs is 3. The molecule has 0 spiro atoms. The van der Waals surface area contributed by atoms with Gasteiger partial charge in [0.05, 0.1) is 33.6 Å². The summed E-state index contributed by atoms with van der Waals surface area (Å²) in [5.41, 5.74) is 2.92. The van der Waals surface area contributed by atoms with E-state index in [1.807, 2.05) is 36.4 Å². The van der Waals surface area contributed by atoms with Crippen LogP contribution in [0.3, 0.4) is 0 Å². The minimum Gasteiger partial charge on any atom is -0.403 e. The molecule has 0 aliphatic carbocycles. The predicted octanol–water partition coefficient (Wildman–Crippen LogP) is 11.4. The molecule has 200 valence electrons. The van der Waals surface area contributed by atoms with Crippen LogP contribution in [0, 0.1) is 0 Å². The lowest BCUT2D eigenvalue weighted by molar-refractivity contribution is 0.0726. The number of carbonyl (C=O) groups is 2. The molecule has 4 aromatic rings. The van der Waals surface area contributed by atoms with Gasteiger partial charge in [0.25, 0.3) is 0 Å². The number of hydrogen-bond donors (Lipinski definition) is 0. The molecule has 14 heteroatoms. The van der Waals surface area contributed by atoms with Crippen LogP contribution in [0.15, 0.2) is 82.2 Å². The molecule has 0 N–H and O–H groups in total. The number of carbonyl (C=O) groups excluding carboxylic acids is 2. The van der Waals surface area contributed by atoms with Gasteiger partial charge in [0.15, 0.2) is 0 Å². The monoisotopic (exact) mass is 1040 g/mol. The smallest absolute Gasteiger partial charge is 0.346 e. The predicted molar refractivity (Wildman–Crippen MR) is 182 cm³/mol. The third-order valence-corrected chi connectivity index (χ3v) is 15.6. The average molecular weight is 1050 g/mol. The fourth-order valence-corrected chi connectivity index (χ4v) is 9.18. The first-order chi connectivity index (χ1) is 19.0. The van der Waals surface area contributed by atoms with Crippen LogP contribution in [-0.4, -0.2) is 23.7 Å². The summed E-state index contributed by atoms with van der Waals surface area (Å²) < 4.78 is 16.4. The van der Waals surface area contributed by atoms with E-state index in [0.717, 1.165) is 10.8 Å². The second kappa shape index (κ2) is 11.1. The van der Waals surface area contributed by atoms with E-state index in [1.165, 1.54) is 0 Å². The molecule has 0 saturated carbocycles. The van der Waals surface area contributed by atoms with E-state index in [2.05, 4.69) is 127 Å². The van der Waals surface area contributed by atoms with Crippen molar-refractivity contribution in [2.75, 3.05) is 0 Å². The fraction of sp³-hybridized carbons (Fsp3) is 0. The number of esters is 2. The van der Waals surface area contributed by atoms with Gasteiger partial charge in [-0.05, 0) is 140 Å². The number of cyclic esters (lactones) is 2. The Bertz CT molecular complexity index is 1800. The molecule has 0 amide bonds. The van der Waals surface area contributed by atoms with Gasteiger partial charge in [0.1, 0.15) is 0 Å². The Morgan fingerprint density at radius 2 is 0.775 bits per heavy atom. The second-order valence-electron chi connectivity index (χ2n) is 8.27. The van der Waals surface area contributed by atoms with Crippen LogP contribution in [0.5, 0.6) is 0 Å². The van der Waals surface area contributed by atoms with Gasteiger partial charge in [-0.2, -0.15) is 0 Å². The molecule has 0 fully saturated rings. The normalized spacial score (nSPS) is 16.1. The van der Waals surface area contributed by atoms with Crippen LogP contribution in [0.1, 0.15) is 31.8 Å². The van der Waals surface area contributed by atoms with Gasteiger partial charge in [-0.1, -0.05) is 24.3 Å². The number of halogens is 8. The minimum atomic E-state index is -0.516. The molecule has 6 nitrogen and oxygen atoms in total. The molecule has 6 rings (SSSR count). The maximum Gasteiger partial charge on any atom is 0.346 e. The molecule has 0 unspecified atom stereocenters. The van der Waals surface area contributed by atoms with Crippen molar-refractivity contribution in [3.05, 3.63) is 94.4 Å². The highest BCUT2D eigenvalue weighted by atomic mass is 79.9. The highest BCUT2D eigenvalue weighted by molar-refractivity contribution is 9.15. The molecule has 4 aromatic carbocycles. The highest BCUT2D eigenvalue weighted by Crippen LogP contribution is 2.47. The molecule has 0 atom stereocenters. The summed E-state index contributed by atoms with van der Waals surface area (Å²) in [5.74, 6) is -0.711. The fourth-order valence-electron chi connectivity index (χ4n) is 4.28. The summed E-state index contributed by atoms with van der Waals surface area (Å²) >= 11 is 28.1. The quantitative estimate of drug-likeness (QED) is 0.114. The van der Waals surface area contributed by atoms with Crippen molar-refractivity contribution in [2.45, 2.75) is 0 Å². The Morgan fingerprint density at radius 3 is 1.12 bits per heavy atom. The zero-order valence-electron chi connectivity index (χ0n) is 19.0. The molecule has 0 aromatic heterocycles. The van der Waals surface area contributed by atoms with E-state index in [1.54, 1.807) is 0 Å². The Kier molecular flexibility index (Phi) is 8.12. The Labute approximate surface area is 293 Å². The maximum absolute atomic E-state index is 12.8. The molecule has 2 aliphatic heterocycles. The van der Waals surface area contributed by atoms with Gasteiger partial charge in [-0.3, -0.25) is 0 Å². The van der Waals surface area contributed by atoms with Crippen LogP contribution in [-0.2, 0) is 9.47 Å². The van der Waals surface area contributed by atoms with E-state index in [9.17, 15) is 9.59 Å². The van der Waals surface area contributed by atoms with Gasteiger partial charge in [-0.25, -0.2) is 19.6 Å². The average Bonchev–Trinajstić information content (AvgIpc) is 3.44. The summed E-state index contributed by atoms with van der Waals surface area (Å²) in [6, 6.07) is 11.1. The Morgan fingerprint density at radius 1 is 0.450 bits per heavy atom. The van der Waals surface area contributed by atoms with Crippen LogP contribution in [0.2, 0.25) is 0 Å². The van der Waals surface area contributed by atoms with E-state index in [-0.39, 0.29) is 11.8 Å². The molecule has 40 heavy (non-hydrogen) atoms. The van der Waals surface area contributed by atoms with Crippen LogP contribution in [0.25, 0.3) is 10.8 Å². The van der Waals surface area contributed by atoms with Crippen molar-refractivity contribution < 1.29 is 19.1 Å². The molecular formula is C26H6Br8N2O4. The summed E-state index contributed by atoms with van der Waals surface area (Å²) in [6.45, 7) is 0. The molecule has 2 heterocycles. The van der Waals surface area contributed by atoms with Crippen molar-refractivity contribution in [3.63, 3.8) is 0 Å². The van der Waals surface area contributed by atoms with E-state index >= 15 is 0 Å². The van der Waals surface area contributed by atoms with Crippen molar-refractivity contribution in [1.82, 2.24) is 0 Å². The van der Waals surface area contributed by atoms with E-state index in [4.69, 9.17) is 19.5 Å². The van der Waals surface area contributed by atoms with Crippen LogP contribution >= 0.6 is 127 Å². The van der Waals surface area contributed by atoms with Gasteiger partial charge in [0.2, 0.25) is 11.8 Å². The molecule has 0 saturated heterocycles.